The van der Waals surface area contributed by atoms with Gasteiger partial charge in [-0.25, -0.2) is 9.78 Å². The van der Waals surface area contributed by atoms with Gasteiger partial charge in [0.05, 0.1) is 0 Å². The largest absolute Gasteiger partial charge is 0.455 e. The fourth-order valence-corrected chi connectivity index (χ4v) is 5.53. The maximum absolute atomic E-state index is 14.0. The standard InChI is InChI=1S/C30H52N4O6S/c1-14-19(6)24(32-26(36)25(18(4)5)34(13)29(38)40-30(9,10)11)28(37)33(12)22(17(2)3)15-23(39-21(8)35)27-31-20(7)16-41-27/h16-19,22-25H,14-15H2,1-13H3,(H,32,36)/t19-,22+,23+,24-,25+/m0/s1. The fraction of sp³-hybridized carbons (Fsp3) is 0.767. The first-order valence-corrected chi connectivity index (χ1v) is 15.3. The van der Waals surface area contributed by atoms with E-state index < -0.39 is 41.8 Å². The highest BCUT2D eigenvalue weighted by atomic mass is 32.1. The van der Waals surface area contributed by atoms with Gasteiger partial charge in [0.15, 0.2) is 6.10 Å². The van der Waals surface area contributed by atoms with Crippen LogP contribution < -0.4 is 5.32 Å². The molecule has 1 rings (SSSR count). The minimum atomic E-state index is -0.836. The summed E-state index contributed by atoms with van der Waals surface area (Å²) in [5.41, 5.74) is 0.123. The number of carbonyl (C=O) groups is 4. The number of aryl methyl sites for hydroxylation is 1. The first-order valence-electron chi connectivity index (χ1n) is 14.4. The van der Waals surface area contributed by atoms with Crippen LogP contribution in [0.1, 0.15) is 98.9 Å². The number of nitrogens with one attached hydrogen (secondary N) is 1. The topological polar surface area (TPSA) is 118 Å². The lowest BCUT2D eigenvalue weighted by molar-refractivity contribution is -0.149. The summed E-state index contributed by atoms with van der Waals surface area (Å²) in [6.07, 6.45) is -0.189. The lowest BCUT2D eigenvalue weighted by atomic mass is 9.92. The lowest BCUT2D eigenvalue weighted by Crippen LogP contribution is -2.59. The zero-order chi connectivity index (χ0) is 31.8. The van der Waals surface area contributed by atoms with Crippen molar-refractivity contribution in [2.45, 2.75) is 119 Å². The van der Waals surface area contributed by atoms with Crippen LogP contribution in [0.15, 0.2) is 5.38 Å². The Balaban J connectivity index is 3.28. The first-order chi connectivity index (χ1) is 18.8. The van der Waals surface area contributed by atoms with E-state index in [9.17, 15) is 19.2 Å². The number of ether oxygens (including phenoxy) is 2. The van der Waals surface area contributed by atoms with E-state index >= 15 is 0 Å². The molecule has 0 bridgehead atoms. The Morgan fingerprint density at radius 1 is 1.02 bits per heavy atom. The molecule has 11 heteroatoms. The van der Waals surface area contributed by atoms with E-state index in [0.717, 1.165) is 5.69 Å². The zero-order valence-corrected chi connectivity index (χ0v) is 28.0. The second-order valence-corrected chi connectivity index (χ2v) is 13.5. The van der Waals surface area contributed by atoms with Crippen molar-refractivity contribution in [3.8, 4) is 0 Å². The molecule has 0 radical (unpaired) electrons. The average molecular weight is 597 g/mol. The van der Waals surface area contributed by atoms with Crippen molar-refractivity contribution in [3.63, 3.8) is 0 Å². The molecule has 0 saturated carbocycles. The van der Waals surface area contributed by atoms with Gasteiger partial charge in [0.1, 0.15) is 22.7 Å². The summed E-state index contributed by atoms with van der Waals surface area (Å²) in [4.78, 5) is 59.9. The summed E-state index contributed by atoms with van der Waals surface area (Å²) in [5.74, 6) is -1.46. The number of hydrogen-bond acceptors (Lipinski definition) is 8. The second-order valence-electron chi connectivity index (χ2n) is 12.6. The van der Waals surface area contributed by atoms with Crippen LogP contribution in [-0.2, 0) is 23.9 Å². The van der Waals surface area contributed by atoms with Crippen LogP contribution in [0.4, 0.5) is 4.79 Å². The third kappa shape index (κ3) is 10.9. The highest BCUT2D eigenvalue weighted by Crippen LogP contribution is 2.31. The Morgan fingerprint density at radius 2 is 1.61 bits per heavy atom. The van der Waals surface area contributed by atoms with Crippen LogP contribution in [0.3, 0.4) is 0 Å². The number of hydrogen-bond donors (Lipinski definition) is 1. The molecule has 1 N–H and O–H groups in total. The van der Waals surface area contributed by atoms with Gasteiger partial charge in [0.25, 0.3) is 0 Å². The second kappa shape index (κ2) is 15.5. The van der Waals surface area contributed by atoms with E-state index in [1.807, 2.05) is 53.8 Å². The number of amides is 3. The van der Waals surface area contributed by atoms with E-state index in [1.54, 1.807) is 32.7 Å². The number of esters is 1. The van der Waals surface area contributed by atoms with Crippen LogP contribution in [-0.4, -0.2) is 76.5 Å². The van der Waals surface area contributed by atoms with Crippen LogP contribution in [0, 0.1) is 24.7 Å². The molecular formula is C30H52N4O6S. The molecule has 0 aliphatic heterocycles. The van der Waals surface area contributed by atoms with Gasteiger partial charge in [-0.05, 0) is 45.4 Å². The van der Waals surface area contributed by atoms with Crippen LogP contribution in [0.5, 0.6) is 0 Å². The lowest BCUT2D eigenvalue weighted by Gasteiger charge is -2.38. The average Bonchev–Trinajstić information content (AvgIpc) is 3.28. The first kappa shape index (κ1) is 36.3. The van der Waals surface area contributed by atoms with Gasteiger partial charge in [-0.2, -0.15) is 0 Å². The van der Waals surface area contributed by atoms with Crippen LogP contribution in [0.25, 0.3) is 0 Å². The molecule has 3 amide bonds. The minimum Gasteiger partial charge on any atom is -0.455 e. The van der Waals surface area contributed by atoms with Gasteiger partial charge in [-0.1, -0.05) is 48.0 Å². The van der Waals surface area contributed by atoms with Gasteiger partial charge in [0, 0.05) is 44.6 Å². The Morgan fingerprint density at radius 3 is 2.02 bits per heavy atom. The summed E-state index contributed by atoms with van der Waals surface area (Å²) < 4.78 is 11.1. The normalized spacial score (nSPS) is 15.5. The van der Waals surface area contributed by atoms with Gasteiger partial charge in [-0.15, -0.1) is 11.3 Å². The summed E-state index contributed by atoms with van der Waals surface area (Å²) in [6.45, 7) is 20.1. The van der Waals surface area contributed by atoms with Crippen molar-refractivity contribution in [3.05, 3.63) is 16.1 Å². The maximum atomic E-state index is 14.0. The molecule has 0 saturated heterocycles. The number of carbonyl (C=O) groups excluding carboxylic acids is 4. The molecule has 234 valence electrons. The van der Waals surface area contributed by atoms with Crippen molar-refractivity contribution >= 4 is 35.2 Å². The van der Waals surface area contributed by atoms with Gasteiger partial charge in [0.2, 0.25) is 11.8 Å². The number of likely N-dealkylation sites (N-methyl/N-ethyl adjacent to an activating group) is 2. The third-order valence-electron chi connectivity index (χ3n) is 7.07. The SMILES string of the molecule is CC[C@H](C)[C@H](NC(=O)[C@@H](C(C)C)N(C)C(=O)OC(C)(C)C)C(=O)N(C)[C@H](C[C@@H](OC(C)=O)c1nc(C)cs1)C(C)C. The maximum Gasteiger partial charge on any atom is 0.410 e. The van der Waals surface area contributed by atoms with Gasteiger partial charge in [-0.3, -0.25) is 19.3 Å². The summed E-state index contributed by atoms with van der Waals surface area (Å²) in [7, 11) is 3.26. The molecule has 41 heavy (non-hydrogen) atoms. The van der Waals surface area contributed by atoms with Crippen molar-refractivity contribution < 1.29 is 28.7 Å². The van der Waals surface area contributed by atoms with Crippen molar-refractivity contribution in [2.24, 2.45) is 17.8 Å². The molecule has 1 aromatic rings. The van der Waals surface area contributed by atoms with E-state index in [2.05, 4.69) is 10.3 Å². The molecule has 1 aromatic heterocycles. The molecule has 0 aliphatic rings. The monoisotopic (exact) mass is 596 g/mol. The highest BCUT2D eigenvalue weighted by molar-refractivity contribution is 7.09. The fourth-order valence-electron chi connectivity index (χ4n) is 4.69. The molecule has 1 heterocycles. The Labute approximate surface area is 250 Å². The minimum absolute atomic E-state index is 0.0260. The number of aromatic nitrogens is 1. The number of rotatable bonds is 13. The van der Waals surface area contributed by atoms with Crippen molar-refractivity contribution in [1.82, 2.24) is 20.1 Å². The molecular weight excluding hydrogens is 544 g/mol. The summed E-state index contributed by atoms with van der Waals surface area (Å²) >= 11 is 1.42. The van der Waals surface area contributed by atoms with E-state index in [4.69, 9.17) is 9.47 Å². The molecule has 0 aliphatic carbocycles. The van der Waals surface area contributed by atoms with Gasteiger partial charge < -0.3 is 19.7 Å². The quantitative estimate of drug-likeness (QED) is 0.305. The van der Waals surface area contributed by atoms with Crippen molar-refractivity contribution in [2.75, 3.05) is 14.1 Å². The van der Waals surface area contributed by atoms with E-state index in [1.165, 1.54) is 30.2 Å². The Bertz CT molecular complexity index is 1030. The number of thiazole rings is 1. The molecule has 0 spiro atoms. The molecule has 10 nitrogen and oxygen atoms in total. The Hall–Kier alpha value is -2.69. The molecule has 0 fully saturated rings. The Kier molecular flexibility index (Phi) is 13.7. The summed E-state index contributed by atoms with van der Waals surface area (Å²) in [5, 5.41) is 5.55. The molecule has 0 unspecified atom stereocenters. The van der Waals surface area contributed by atoms with Gasteiger partial charge >= 0.3 is 12.1 Å². The van der Waals surface area contributed by atoms with Crippen molar-refractivity contribution in [1.29, 1.82) is 0 Å². The predicted octanol–water partition coefficient (Wildman–Crippen LogP) is 5.35. The number of nitrogens with zero attached hydrogens (tertiary/aromatic N) is 3. The highest BCUT2D eigenvalue weighted by Gasteiger charge is 2.38. The summed E-state index contributed by atoms with van der Waals surface area (Å²) in [6, 6.07) is -1.96. The molecule has 5 atom stereocenters. The zero-order valence-electron chi connectivity index (χ0n) is 27.2. The molecule has 0 aromatic carbocycles. The smallest absolute Gasteiger partial charge is 0.410 e. The van der Waals surface area contributed by atoms with E-state index in [-0.39, 0.29) is 29.7 Å². The third-order valence-corrected chi connectivity index (χ3v) is 8.12. The van der Waals surface area contributed by atoms with Crippen LogP contribution >= 0.6 is 11.3 Å². The predicted molar refractivity (Wildman–Crippen MR) is 161 cm³/mol. The van der Waals surface area contributed by atoms with Crippen LogP contribution in [0.2, 0.25) is 0 Å². The van der Waals surface area contributed by atoms with E-state index in [0.29, 0.717) is 17.8 Å².